The fourth-order valence-electron chi connectivity index (χ4n) is 1.93. The third kappa shape index (κ3) is 2.65. The average molecular weight is 370 g/mol. The molecule has 0 unspecified atom stereocenters. The van der Waals surface area contributed by atoms with Crippen LogP contribution in [0.2, 0.25) is 0 Å². The molecule has 0 amide bonds. The van der Waals surface area contributed by atoms with Gasteiger partial charge in [0, 0.05) is 0 Å². The summed E-state index contributed by atoms with van der Waals surface area (Å²) < 4.78 is 2.44. The first-order valence-corrected chi connectivity index (χ1v) is 7.08. The number of hydrogen-bond acceptors (Lipinski definition) is 2. The number of aromatic carboxylic acids is 1. The van der Waals surface area contributed by atoms with Crippen LogP contribution in [-0.2, 0) is 0 Å². The SMILES string of the molecule is Cc1ccc(-n2nc(C(=O)O)c(I)c2C(C)C)cc1. The minimum atomic E-state index is -0.989. The van der Waals surface area contributed by atoms with Gasteiger partial charge in [-0.3, -0.25) is 0 Å². The third-order valence-electron chi connectivity index (χ3n) is 2.89. The van der Waals surface area contributed by atoms with E-state index in [1.54, 1.807) is 4.68 Å². The highest BCUT2D eigenvalue weighted by molar-refractivity contribution is 14.1. The van der Waals surface area contributed by atoms with Gasteiger partial charge in [-0.25, -0.2) is 9.48 Å². The molecule has 0 radical (unpaired) electrons. The Morgan fingerprint density at radius 1 is 1.32 bits per heavy atom. The molecule has 0 atom stereocenters. The van der Waals surface area contributed by atoms with Gasteiger partial charge in [0.15, 0.2) is 5.69 Å². The van der Waals surface area contributed by atoms with Gasteiger partial charge in [0.1, 0.15) is 0 Å². The summed E-state index contributed by atoms with van der Waals surface area (Å²) >= 11 is 2.06. The van der Waals surface area contributed by atoms with Gasteiger partial charge in [0.2, 0.25) is 0 Å². The number of aryl methyl sites for hydroxylation is 1. The number of nitrogens with zero attached hydrogens (tertiary/aromatic N) is 2. The molecule has 0 bridgehead atoms. The number of aromatic nitrogens is 2. The number of hydrogen-bond donors (Lipinski definition) is 1. The molecule has 1 heterocycles. The van der Waals surface area contributed by atoms with Crippen LogP contribution < -0.4 is 0 Å². The summed E-state index contributed by atoms with van der Waals surface area (Å²) in [6, 6.07) is 7.90. The molecule has 2 rings (SSSR count). The topological polar surface area (TPSA) is 55.1 Å². The molecule has 0 spiro atoms. The van der Waals surface area contributed by atoms with E-state index < -0.39 is 5.97 Å². The van der Waals surface area contributed by atoms with Gasteiger partial charge in [-0.1, -0.05) is 31.5 Å². The monoisotopic (exact) mass is 370 g/mol. The number of carboxylic acid groups (broad SMARTS) is 1. The molecule has 4 nitrogen and oxygen atoms in total. The maximum atomic E-state index is 11.2. The first-order chi connectivity index (χ1) is 8.91. The molecule has 1 N–H and O–H groups in total. The molecule has 1 aromatic heterocycles. The summed E-state index contributed by atoms with van der Waals surface area (Å²) in [7, 11) is 0. The van der Waals surface area contributed by atoms with Crippen LogP contribution >= 0.6 is 22.6 Å². The summed E-state index contributed by atoms with van der Waals surface area (Å²) in [5, 5.41) is 13.4. The molecule has 0 fully saturated rings. The Bertz CT molecular complexity index is 615. The summed E-state index contributed by atoms with van der Waals surface area (Å²) in [6.07, 6.45) is 0. The number of rotatable bonds is 3. The first kappa shape index (κ1) is 14.0. The molecule has 100 valence electrons. The highest BCUT2D eigenvalue weighted by Crippen LogP contribution is 2.27. The maximum Gasteiger partial charge on any atom is 0.357 e. The van der Waals surface area contributed by atoms with E-state index in [0.717, 1.165) is 16.9 Å². The van der Waals surface area contributed by atoms with Crippen LogP contribution in [0.15, 0.2) is 24.3 Å². The molecular weight excluding hydrogens is 355 g/mol. The van der Waals surface area contributed by atoms with Gasteiger partial charge in [0.05, 0.1) is 15.0 Å². The molecule has 5 heteroatoms. The molecule has 1 aromatic carbocycles. The van der Waals surface area contributed by atoms with E-state index >= 15 is 0 Å². The van der Waals surface area contributed by atoms with Crippen LogP contribution in [0, 0.1) is 10.5 Å². The minimum absolute atomic E-state index is 0.116. The van der Waals surface area contributed by atoms with Crippen molar-refractivity contribution in [2.24, 2.45) is 0 Å². The van der Waals surface area contributed by atoms with Crippen molar-refractivity contribution in [1.82, 2.24) is 9.78 Å². The Balaban J connectivity index is 2.65. The van der Waals surface area contributed by atoms with Crippen LogP contribution in [0.4, 0.5) is 0 Å². The molecule has 19 heavy (non-hydrogen) atoms. The summed E-state index contributed by atoms with van der Waals surface area (Å²) in [6.45, 7) is 6.09. The van der Waals surface area contributed by atoms with Crippen molar-refractivity contribution in [2.45, 2.75) is 26.7 Å². The summed E-state index contributed by atoms with van der Waals surface area (Å²) in [4.78, 5) is 11.2. The number of halogens is 1. The van der Waals surface area contributed by atoms with E-state index in [1.807, 2.05) is 45.0 Å². The van der Waals surface area contributed by atoms with Gasteiger partial charge < -0.3 is 5.11 Å². The van der Waals surface area contributed by atoms with Gasteiger partial charge in [-0.05, 0) is 47.6 Å². The molecule has 2 aromatic rings. The maximum absolute atomic E-state index is 11.2. The lowest BCUT2D eigenvalue weighted by molar-refractivity contribution is 0.0689. The normalized spacial score (nSPS) is 11.0. The first-order valence-electron chi connectivity index (χ1n) is 6.00. The van der Waals surface area contributed by atoms with Crippen LogP contribution in [0.3, 0.4) is 0 Å². The van der Waals surface area contributed by atoms with Crippen molar-refractivity contribution < 1.29 is 9.90 Å². The van der Waals surface area contributed by atoms with E-state index in [4.69, 9.17) is 0 Å². The number of carboxylic acids is 1. The van der Waals surface area contributed by atoms with Crippen molar-refractivity contribution in [2.75, 3.05) is 0 Å². The highest BCUT2D eigenvalue weighted by atomic mass is 127. The molecule has 0 saturated heterocycles. The van der Waals surface area contributed by atoms with Crippen molar-refractivity contribution in [3.63, 3.8) is 0 Å². The van der Waals surface area contributed by atoms with Crippen molar-refractivity contribution in [1.29, 1.82) is 0 Å². The van der Waals surface area contributed by atoms with E-state index in [2.05, 4.69) is 27.7 Å². The largest absolute Gasteiger partial charge is 0.476 e. The smallest absolute Gasteiger partial charge is 0.357 e. The Morgan fingerprint density at radius 3 is 2.37 bits per heavy atom. The predicted molar refractivity (Wildman–Crippen MR) is 82.1 cm³/mol. The summed E-state index contributed by atoms with van der Waals surface area (Å²) in [5.41, 5.74) is 3.10. The quantitative estimate of drug-likeness (QED) is 0.840. The molecule has 0 aliphatic carbocycles. The van der Waals surface area contributed by atoms with E-state index in [1.165, 1.54) is 0 Å². The molecular formula is C14H15IN2O2. The van der Waals surface area contributed by atoms with Crippen LogP contribution in [0.25, 0.3) is 5.69 Å². The lowest BCUT2D eigenvalue weighted by Gasteiger charge is -2.10. The van der Waals surface area contributed by atoms with E-state index in [9.17, 15) is 9.90 Å². The van der Waals surface area contributed by atoms with E-state index in [0.29, 0.717) is 3.57 Å². The lowest BCUT2D eigenvalue weighted by atomic mass is 10.1. The van der Waals surface area contributed by atoms with Crippen molar-refractivity contribution in [3.8, 4) is 5.69 Å². The van der Waals surface area contributed by atoms with Gasteiger partial charge >= 0.3 is 5.97 Å². The van der Waals surface area contributed by atoms with Crippen molar-refractivity contribution in [3.05, 3.63) is 44.8 Å². The average Bonchev–Trinajstić information content (AvgIpc) is 2.68. The van der Waals surface area contributed by atoms with Crippen LogP contribution in [0.5, 0.6) is 0 Å². The molecule has 0 aliphatic heterocycles. The van der Waals surface area contributed by atoms with Gasteiger partial charge in [-0.15, -0.1) is 0 Å². The second kappa shape index (κ2) is 5.32. The van der Waals surface area contributed by atoms with Crippen molar-refractivity contribution >= 4 is 28.6 Å². The fraction of sp³-hybridized carbons (Fsp3) is 0.286. The Kier molecular flexibility index (Phi) is 3.93. The number of benzene rings is 1. The second-order valence-electron chi connectivity index (χ2n) is 4.76. The zero-order valence-electron chi connectivity index (χ0n) is 11.0. The highest BCUT2D eigenvalue weighted by Gasteiger charge is 2.23. The minimum Gasteiger partial charge on any atom is -0.476 e. The summed E-state index contributed by atoms with van der Waals surface area (Å²) in [5.74, 6) is -0.786. The number of carbonyl (C=O) groups is 1. The Morgan fingerprint density at radius 2 is 1.89 bits per heavy atom. The Labute approximate surface area is 125 Å². The van der Waals surface area contributed by atoms with Gasteiger partial charge in [-0.2, -0.15) is 5.10 Å². The van der Waals surface area contributed by atoms with Gasteiger partial charge in [0.25, 0.3) is 0 Å². The molecule has 0 aliphatic rings. The zero-order valence-corrected chi connectivity index (χ0v) is 13.2. The predicted octanol–water partition coefficient (Wildman–Crippen LogP) is 3.61. The standard InChI is InChI=1S/C14H15IN2O2/c1-8(2)13-11(15)12(14(18)19)16-17(13)10-6-4-9(3)5-7-10/h4-8H,1-3H3,(H,18,19). The molecule has 0 saturated carbocycles. The van der Waals surface area contributed by atoms with Crippen LogP contribution in [0.1, 0.15) is 41.5 Å². The van der Waals surface area contributed by atoms with E-state index in [-0.39, 0.29) is 11.6 Å². The fourth-order valence-corrected chi connectivity index (χ4v) is 3.12. The lowest BCUT2D eigenvalue weighted by Crippen LogP contribution is -2.05. The Hall–Kier alpha value is -1.37. The van der Waals surface area contributed by atoms with Crippen LogP contribution in [-0.4, -0.2) is 20.9 Å². The third-order valence-corrected chi connectivity index (χ3v) is 3.95. The zero-order chi connectivity index (χ0) is 14.2. The second-order valence-corrected chi connectivity index (χ2v) is 5.83.